The van der Waals surface area contributed by atoms with E-state index in [1.807, 2.05) is 6.07 Å². The Bertz CT molecular complexity index is 484. The van der Waals surface area contributed by atoms with Gasteiger partial charge in [-0.25, -0.2) is 4.79 Å². The van der Waals surface area contributed by atoms with Crippen molar-refractivity contribution in [2.24, 2.45) is 0 Å². The fourth-order valence-corrected chi connectivity index (χ4v) is 2.53. The van der Waals surface area contributed by atoms with Gasteiger partial charge in [-0.3, -0.25) is 15.0 Å². The first-order valence-corrected chi connectivity index (χ1v) is 7.67. The zero-order chi connectivity index (χ0) is 15.8. The van der Waals surface area contributed by atoms with Crippen molar-refractivity contribution >= 4 is 11.9 Å². The third kappa shape index (κ3) is 5.46. The van der Waals surface area contributed by atoms with Crippen molar-refractivity contribution in [1.82, 2.24) is 20.4 Å². The summed E-state index contributed by atoms with van der Waals surface area (Å²) in [5, 5.41) is 4.67. The molecule has 1 aromatic rings. The number of carbonyl (C=O) groups excluding carboxylic acids is 2. The van der Waals surface area contributed by atoms with Gasteiger partial charge < -0.3 is 10.2 Å². The van der Waals surface area contributed by atoms with Crippen molar-refractivity contribution in [2.45, 2.75) is 6.42 Å². The van der Waals surface area contributed by atoms with Crippen LogP contribution < -0.4 is 10.6 Å². The monoisotopic (exact) mass is 304 g/mol. The summed E-state index contributed by atoms with van der Waals surface area (Å²) in [6, 6.07) is 10.0. The summed E-state index contributed by atoms with van der Waals surface area (Å²) >= 11 is 0. The van der Waals surface area contributed by atoms with E-state index in [1.54, 1.807) is 0 Å². The topological polar surface area (TPSA) is 64.7 Å². The van der Waals surface area contributed by atoms with Crippen LogP contribution in [0.4, 0.5) is 4.79 Å². The number of piperazine rings is 1. The summed E-state index contributed by atoms with van der Waals surface area (Å²) in [4.78, 5) is 27.2. The molecular weight excluding hydrogens is 280 g/mol. The number of nitrogens with one attached hydrogen (secondary N) is 2. The molecule has 1 saturated heterocycles. The second-order valence-electron chi connectivity index (χ2n) is 5.48. The maximum Gasteiger partial charge on any atom is 0.321 e. The molecule has 6 heteroatoms. The molecule has 1 fully saturated rings. The lowest BCUT2D eigenvalue weighted by molar-refractivity contribution is -0.121. The first-order chi connectivity index (χ1) is 10.7. The molecule has 0 unspecified atom stereocenters. The summed E-state index contributed by atoms with van der Waals surface area (Å²) in [5.74, 6) is -0.253. The highest BCUT2D eigenvalue weighted by Crippen LogP contribution is 2.05. The van der Waals surface area contributed by atoms with Crippen LogP contribution in [0.15, 0.2) is 30.3 Å². The molecular formula is C16H24N4O2. The lowest BCUT2D eigenvalue weighted by Crippen LogP contribution is -2.51. The molecule has 0 radical (unpaired) electrons. The average molecular weight is 304 g/mol. The predicted octanol–water partition coefficient (Wildman–Crippen LogP) is 0.302. The Kier molecular flexibility index (Phi) is 6.36. The molecule has 1 aliphatic rings. The molecule has 6 nitrogen and oxygen atoms in total. The van der Waals surface area contributed by atoms with Crippen LogP contribution in [-0.4, -0.2) is 68.1 Å². The Balaban J connectivity index is 1.65. The fourth-order valence-electron chi connectivity index (χ4n) is 2.53. The number of hydrogen-bond donors (Lipinski definition) is 2. The van der Waals surface area contributed by atoms with E-state index in [0.717, 1.165) is 39.1 Å². The van der Waals surface area contributed by atoms with Gasteiger partial charge in [0.25, 0.3) is 0 Å². The summed E-state index contributed by atoms with van der Waals surface area (Å²) in [7, 11) is 1.49. The Labute approximate surface area is 131 Å². The van der Waals surface area contributed by atoms with Crippen LogP contribution in [0.1, 0.15) is 5.56 Å². The molecule has 0 atom stereocenters. The zero-order valence-electron chi connectivity index (χ0n) is 13.0. The van der Waals surface area contributed by atoms with Gasteiger partial charge >= 0.3 is 6.03 Å². The second kappa shape index (κ2) is 8.51. The quantitative estimate of drug-likeness (QED) is 0.821. The maximum absolute atomic E-state index is 11.6. The normalized spacial score (nSPS) is 16.2. The third-order valence-electron chi connectivity index (χ3n) is 3.87. The summed E-state index contributed by atoms with van der Waals surface area (Å²) in [6.45, 7) is 4.95. The van der Waals surface area contributed by atoms with Crippen molar-refractivity contribution in [3.63, 3.8) is 0 Å². The van der Waals surface area contributed by atoms with Crippen molar-refractivity contribution in [3.8, 4) is 0 Å². The van der Waals surface area contributed by atoms with Crippen LogP contribution in [0, 0.1) is 0 Å². The van der Waals surface area contributed by atoms with E-state index < -0.39 is 6.03 Å². The highest BCUT2D eigenvalue weighted by molar-refractivity contribution is 5.95. The number of hydrogen-bond acceptors (Lipinski definition) is 4. The van der Waals surface area contributed by atoms with E-state index >= 15 is 0 Å². The number of carbonyl (C=O) groups is 2. The van der Waals surface area contributed by atoms with Crippen LogP contribution >= 0.6 is 0 Å². The predicted molar refractivity (Wildman–Crippen MR) is 85.6 cm³/mol. The summed E-state index contributed by atoms with van der Waals surface area (Å²) < 4.78 is 0. The van der Waals surface area contributed by atoms with E-state index in [0.29, 0.717) is 0 Å². The van der Waals surface area contributed by atoms with E-state index in [1.165, 1.54) is 12.6 Å². The molecule has 0 bridgehead atoms. The van der Waals surface area contributed by atoms with Crippen LogP contribution in [0.25, 0.3) is 0 Å². The van der Waals surface area contributed by atoms with Crippen molar-refractivity contribution in [3.05, 3.63) is 35.9 Å². The average Bonchev–Trinajstić information content (AvgIpc) is 2.55. The molecule has 22 heavy (non-hydrogen) atoms. The number of benzene rings is 1. The Morgan fingerprint density at radius 2 is 1.68 bits per heavy atom. The molecule has 2 N–H and O–H groups in total. The molecule has 1 heterocycles. The molecule has 0 aliphatic carbocycles. The second-order valence-corrected chi connectivity index (χ2v) is 5.48. The van der Waals surface area contributed by atoms with Gasteiger partial charge in [-0.2, -0.15) is 0 Å². The minimum absolute atomic E-state index is 0.253. The first kappa shape index (κ1) is 16.5. The molecule has 1 aromatic carbocycles. The van der Waals surface area contributed by atoms with Gasteiger partial charge in [0.1, 0.15) is 0 Å². The van der Waals surface area contributed by atoms with E-state index in [2.05, 4.69) is 44.7 Å². The number of amides is 3. The number of nitrogens with zero attached hydrogens (tertiary/aromatic N) is 2. The fraction of sp³-hybridized carbons (Fsp3) is 0.500. The standard InChI is InChI=1S/C16H24N4O2/c1-17-16(22)18-15(21)13-20-11-9-19(10-12-20)8-7-14-5-3-2-4-6-14/h2-6H,7-13H2,1H3,(H2,17,18,21,22). The lowest BCUT2D eigenvalue weighted by Gasteiger charge is -2.34. The largest absolute Gasteiger partial charge is 0.341 e. The minimum atomic E-state index is -0.452. The summed E-state index contributed by atoms with van der Waals surface area (Å²) in [6.07, 6.45) is 1.05. The van der Waals surface area contributed by atoms with Crippen molar-refractivity contribution < 1.29 is 9.59 Å². The highest BCUT2D eigenvalue weighted by atomic mass is 16.2. The molecule has 0 spiro atoms. The van der Waals surface area contributed by atoms with Gasteiger partial charge in [0, 0.05) is 39.8 Å². The number of rotatable bonds is 5. The van der Waals surface area contributed by atoms with E-state index in [4.69, 9.17) is 0 Å². The van der Waals surface area contributed by atoms with Crippen LogP contribution in [0.2, 0.25) is 0 Å². The van der Waals surface area contributed by atoms with Crippen molar-refractivity contribution in [1.29, 1.82) is 0 Å². The van der Waals surface area contributed by atoms with Gasteiger partial charge in [-0.05, 0) is 12.0 Å². The SMILES string of the molecule is CNC(=O)NC(=O)CN1CCN(CCc2ccccc2)CC1. The van der Waals surface area contributed by atoms with Gasteiger partial charge in [0.05, 0.1) is 6.54 Å². The van der Waals surface area contributed by atoms with Gasteiger partial charge in [-0.1, -0.05) is 30.3 Å². The van der Waals surface area contributed by atoms with E-state index in [-0.39, 0.29) is 12.5 Å². The van der Waals surface area contributed by atoms with Gasteiger partial charge in [0.15, 0.2) is 0 Å². The molecule has 0 aromatic heterocycles. The lowest BCUT2D eigenvalue weighted by atomic mass is 10.1. The smallest absolute Gasteiger partial charge is 0.321 e. The third-order valence-corrected chi connectivity index (χ3v) is 3.87. The van der Waals surface area contributed by atoms with Gasteiger partial charge in [-0.15, -0.1) is 0 Å². The molecule has 3 amide bonds. The minimum Gasteiger partial charge on any atom is -0.341 e. The first-order valence-electron chi connectivity index (χ1n) is 7.67. The number of imide groups is 1. The molecule has 1 aliphatic heterocycles. The van der Waals surface area contributed by atoms with Crippen molar-refractivity contribution in [2.75, 3.05) is 46.3 Å². The molecule has 2 rings (SSSR count). The Morgan fingerprint density at radius 3 is 2.32 bits per heavy atom. The van der Waals surface area contributed by atoms with Crippen LogP contribution in [0.3, 0.4) is 0 Å². The number of urea groups is 1. The Morgan fingerprint density at radius 1 is 1.05 bits per heavy atom. The molecule has 0 saturated carbocycles. The van der Waals surface area contributed by atoms with Crippen LogP contribution in [0.5, 0.6) is 0 Å². The summed E-state index contributed by atoms with van der Waals surface area (Å²) in [5.41, 5.74) is 1.36. The van der Waals surface area contributed by atoms with Gasteiger partial charge in [0.2, 0.25) is 5.91 Å². The van der Waals surface area contributed by atoms with E-state index in [9.17, 15) is 9.59 Å². The van der Waals surface area contributed by atoms with Crippen LogP contribution in [-0.2, 0) is 11.2 Å². The zero-order valence-corrected chi connectivity index (χ0v) is 13.0. The highest BCUT2D eigenvalue weighted by Gasteiger charge is 2.19. The maximum atomic E-state index is 11.6. The molecule has 120 valence electrons. The Hall–Kier alpha value is -1.92.